The minimum Gasteiger partial charge on any atom is -0.481 e. The smallest absolute Gasteiger partial charge is 0.303 e. The second kappa shape index (κ2) is 9.41. The van der Waals surface area contributed by atoms with Crippen molar-refractivity contribution in [1.82, 2.24) is 0 Å². The van der Waals surface area contributed by atoms with E-state index >= 15 is 0 Å². The quantitative estimate of drug-likeness (QED) is 0.607. The van der Waals surface area contributed by atoms with Crippen molar-refractivity contribution in [1.29, 1.82) is 0 Å². The van der Waals surface area contributed by atoms with Crippen LogP contribution in [-0.4, -0.2) is 11.1 Å². The summed E-state index contributed by atoms with van der Waals surface area (Å²) in [5.74, 6) is -0.745. The monoisotopic (exact) mass is 146 g/mol. The zero-order valence-corrected chi connectivity index (χ0v) is 5.51. The molecule has 0 spiro atoms. The molecule has 0 aromatic rings. The maximum atomic E-state index is 9.37. The van der Waals surface area contributed by atoms with Crippen molar-refractivity contribution in [2.75, 3.05) is 0 Å². The first kappa shape index (κ1) is 15.7. The Morgan fingerprint density at radius 3 is 1.71 bits per heavy atom. The third-order valence-corrected chi connectivity index (χ3v) is 0.302. The van der Waals surface area contributed by atoms with E-state index in [4.69, 9.17) is 5.11 Å². The lowest BCUT2D eigenvalue weighted by Gasteiger charge is -1.71. The highest BCUT2D eigenvalue weighted by molar-refractivity contribution is 5.85. The van der Waals surface area contributed by atoms with Gasteiger partial charge in [-0.1, -0.05) is 6.92 Å². The summed E-state index contributed by atoms with van der Waals surface area (Å²) in [6.07, 6.45) is 0.222. The molecule has 0 aliphatic rings. The van der Waals surface area contributed by atoms with Crippen molar-refractivity contribution in [3.63, 3.8) is 0 Å². The normalized spacial score (nSPS) is 5.29. The standard InChI is InChI=1S/C3H6O2.2ClH/c1-2-3(4)5;;/h2H2,1H3,(H,4,5);2*1H. The van der Waals surface area contributed by atoms with Gasteiger partial charge in [0.2, 0.25) is 0 Å². The van der Waals surface area contributed by atoms with Crippen LogP contribution in [0.15, 0.2) is 0 Å². The Bertz CT molecular complexity index is 46.2. The SMILES string of the molecule is CCC(=O)O.Cl.Cl. The second-order valence-electron chi connectivity index (χ2n) is 0.747. The summed E-state index contributed by atoms with van der Waals surface area (Å²) in [7, 11) is 0. The van der Waals surface area contributed by atoms with E-state index in [0.717, 1.165) is 0 Å². The molecule has 2 nitrogen and oxygen atoms in total. The Morgan fingerprint density at radius 2 is 1.71 bits per heavy atom. The van der Waals surface area contributed by atoms with Gasteiger partial charge in [-0.05, 0) is 0 Å². The molecule has 1 N–H and O–H groups in total. The van der Waals surface area contributed by atoms with Crippen molar-refractivity contribution >= 4 is 30.8 Å². The van der Waals surface area contributed by atoms with Gasteiger partial charge in [-0.15, -0.1) is 24.8 Å². The Hall–Kier alpha value is 0.0500. The van der Waals surface area contributed by atoms with E-state index < -0.39 is 5.97 Å². The van der Waals surface area contributed by atoms with Crippen LogP contribution < -0.4 is 0 Å². The van der Waals surface area contributed by atoms with Crippen LogP contribution in [-0.2, 0) is 4.79 Å². The van der Waals surface area contributed by atoms with Gasteiger partial charge in [-0.2, -0.15) is 0 Å². The molecular weight excluding hydrogens is 139 g/mol. The van der Waals surface area contributed by atoms with Crippen LogP contribution in [0.3, 0.4) is 0 Å². The molecule has 0 unspecified atom stereocenters. The van der Waals surface area contributed by atoms with Gasteiger partial charge in [0.05, 0.1) is 0 Å². The van der Waals surface area contributed by atoms with Gasteiger partial charge >= 0.3 is 5.97 Å². The maximum absolute atomic E-state index is 9.37. The van der Waals surface area contributed by atoms with E-state index in [0.29, 0.717) is 0 Å². The molecule has 46 valence electrons. The van der Waals surface area contributed by atoms with Gasteiger partial charge in [-0.25, -0.2) is 0 Å². The predicted octanol–water partition coefficient (Wildman–Crippen LogP) is 1.32. The number of carbonyl (C=O) groups is 1. The highest BCUT2D eigenvalue weighted by Gasteiger charge is 1.80. The summed E-state index contributed by atoms with van der Waals surface area (Å²) < 4.78 is 0. The average Bonchev–Trinajstić information content (AvgIpc) is 1.38. The lowest BCUT2D eigenvalue weighted by Crippen LogP contribution is -1.86. The number of rotatable bonds is 1. The van der Waals surface area contributed by atoms with Crippen molar-refractivity contribution < 1.29 is 9.90 Å². The number of hydrogen-bond donors (Lipinski definition) is 1. The molecule has 0 saturated heterocycles. The first-order valence-electron chi connectivity index (χ1n) is 1.49. The van der Waals surface area contributed by atoms with Crippen LogP contribution in [0.25, 0.3) is 0 Å². The molecule has 0 fully saturated rings. The molecule has 0 heterocycles. The molecule has 0 amide bonds. The summed E-state index contributed by atoms with van der Waals surface area (Å²) >= 11 is 0. The third-order valence-electron chi connectivity index (χ3n) is 0.302. The summed E-state index contributed by atoms with van der Waals surface area (Å²) in [6, 6.07) is 0. The highest BCUT2D eigenvalue weighted by atomic mass is 35.5. The Balaban J connectivity index is -0.0000000800. The van der Waals surface area contributed by atoms with E-state index in [1.165, 1.54) is 0 Å². The molecule has 0 atom stereocenters. The summed E-state index contributed by atoms with van der Waals surface area (Å²) in [4.78, 5) is 9.37. The lowest BCUT2D eigenvalue weighted by atomic mass is 10.5. The van der Waals surface area contributed by atoms with Crippen molar-refractivity contribution in [3.8, 4) is 0 Å². The molecule has 7 heavy (non-hydrogen) atoms. The van der Waals surface area contributed by atoms with Crippen molar-refractivity contribution in [2.45, 2.75) is 13.3 Å². The first-order chi connectivity index (χ1) is 2.27. The molecule has 0 aliphatic heterocycles. The van der Waals surface area contributed by atoms with Crippen LogP contribution in [0.1, 0.15) is 13.3 Å². The molecule has 0 rings (SSSR count). The summed E-state index contributed by atoms with van der Waals surface area (Å²) in [5, 5.41) is 7.72. The third kappa shape index (κ3) is 23.6. The van der Waals surface area contributed by atoms with E-state index in [1.54, 1.807) is 6.92 Å². The van der Waals surface area contributed by atoms with Crippen LogP contribution in [0.4, 0.5) is 0 Å². The first-order valence-corrected chi connectivity index (χ1v) is 1.49. The zero-order valence-electron chi connectivity index (χ0n) is 3.88. The molecule has 0 aromatic carbocycles. The Kier molecular flexibility index (Phi) is 21.1. The topological polar surface area (TPSA) is 37.3 Å². The van der Waals surface area contributed by atoms with Crippen molar-refractivity contribution in [3.05, 3.63) is 0 Å². The van der Waals surface area contributed by atoms with Gasteiger partial charge in [0.1, 0.15) is 0 Å². The lowest BCUT2D eigenvalue weighted by molar-refractivity contribution is -0.136. The van der Waals surface area contributed by atoms with Gasteiger partial charge < -0.3 is 5.11 Å². The average molecular weight is 147 g/mol. The van der Waals surface area contributed by atoms with Crippen molar-refractivity contribution in [2.24, 2.45) is 0 Å². The molecule has 0 radical (unpaired) electrons. The minimum atomic E-state index is -0.745. The van der Waals surface area contributed by atoms with E-state index in [9.17, 15) is 4.79 Å². The number of carboxylic acids is 1. The molecule has 0 aliphatic carbocycles. The summed E-state index contributed by atoms with van der Waals surface area (Å²) in [5.41, 5.74) is 0. The van der Waals surface area contributed by atoms with Gasteiger partial charge in [0, 0.05) is 6.42 Å². The fourth-order valence-electron chi connectivity index (χ4n) is 0. The van der Waals surface area contributed by atoms with Crippen LogP contribution in [0.2, 0.25) is 0 Å². The van der Waals surface area contributed by atoms with Crippen LogP contribution >= 0.6 is 24.8 Å². The predicted molar refractivity (Wildman–Crippen MR) is 32.4 cm³/mol. The number of hydrogen-bond acceptors (Lipinski definition) is 1. The summed E-state index contributed by atoms with van der Waals surface area (Å²) in [6.45, 7) is 1.60. The molecule has 0 saturated carbocycles. The molecule has 0 aromatic heterocycles. The van der Waals surface area contributed by atoms with E-state index in [1.807, 2.05) is 0 Å². The number of aliphatic carboxylic acids is 1. The zero-order chi connectivity index (χ0) is 4.28. The van der Waals surface area contributed by atoms with Gasteiger partial charge in [-0.3, -0.25) is 4.79 Å². The highest BCUT2D eigenvalue weighted by Crippen LogP contribution is 1.67. The van der Waals surface area contributed by atoms with E-state index in [-0.39, 0.29) is 31.2 Å². The minimum absolute atomic E-state index is 0. The second-order valence-corrected chi connectivity index (χ2v) is 0.747. The Labute approximate surface area is 54.7 Å². The molecule has 4 heteroatoms. The number of carboxylic acid groups (broad SMARTS) is 1. The fraction of sp³-hybridized carbons (Fsp3) is 0.667. The van der Waals surface area contributed by atoms with Crippen LogP contribution in [0, 0.1) is 0 Å². The van der Waals surface area contributed by atoms with E-state index in [2.05, 4.69) is 0 Å². The fourth-order valence-corrected chi connectivity index (χ4v) is 0. The van der Waals surface area contributed by atoms with Gasteiger partial charge in [0.15, 0.2) is 0 Å². The Morgan fingerprint density at radius 1 is 1.57 bits per heavy atom. The largest absolute Gasteiger partial charge is 0.481 e. The maximum Gasteiger partial charge on any atom is 0.303 e. The van der Waals surface area contributed by atoms with Gasteiger partial charge in [0.25, 0.3) is 0 Å². The van der Waals surface area contributed by atoms with Crippen LogP contribution in [0.5, 0.6) is 0 Å². The molecule has 0 bridgehead atoms. The number of halogens is 2. The molecular formula is C3H8Cl2O2.